The van der Waals surface area contributed by atoms with Gasteiger partial charge >= 0.3 is 0 Å². The molecule has 0 aliphatic heterocycles. The molecule has 3 aromatic rings. The molecule has 0 bridgehead atoms. The van der Waals surface area contributed by atoms with Gasteiger partial charge in [0.1, 0.15) is 11.3 Å². The zero-order valence-electron chi connectivity index (χ0n) is 16.7. The highest BCUT2D eigenvalue weighted by atomic mass is 32.2. The largest absolute Gasteiger partial charge is 0.309 e. The van der Waals surface area contributed by atoms with Gasteiger partial charge in [-0.25, -0.2) is 22.2 Å². The third-order valence-corrected chi connectivity index (χ3v) is 6.55. The van der Waals surface area contributed by atoms with Crippen molar-refractivity contribution < 1.29 is 22.0 Å². The number of rotatable bonds is 7. The predicted octanol–water partition coefficient (Wildman–Crippen LogP) is 3.58. The first kappa shape index (κ1) is 22.3. The van der Waals surface area contributed by atoms with Crippen LogP contribution in [0.3, 0.4) is 0 Å². The van der Waals surface area contributed by atoms with Crippen LogP contribution in [-0.4, -0.2) is 57.6 Å². The molecule has 0 unspecified atom stereocenters. The van der Waals surface area contributed by atoms with Gasteiger partial charge in [0.05, 0.1) is 9.60 Å². The summed E-state index contributed by atoms with van der Waals surface area (Å²) < 4.78 is 51.3. The highest BCUT2D eigenvalue weighted by Gasteiger charge is 2.23. The van der Waals surface area contributed by atoms with Gasteiger partial charge in [0.25, 0.3) is 5.91 Å². The standard InChI is InChI=1S/C20H21F2N3O3S2/c1-24(2)9-4-10-25(19(26)13-5-7-15(8-6-13)30(3,27)28)20-23-18-16(22)11-14(21)12-17(18)29-20/h5-8,11-12H,4,9-10H2,1-3H3. The number of thiazole rings is 1. The maximum Gasteiger partial charge on any atom is 0.260 e. The average molecular weight is 454 g/mol. The molecule has 1 heterocycles. The van der Waals surface area contributed by atoms with Gasteiger partial charge < -0.3 is 4.90 Å². The number of fused-ring (bicyclic) bond motifs is 1. The Morgan fingerprint density at radius 3 is 2.37 bits per heavy atom. The van der Waals surface area contributed by atoms with Crippen LogP contribution in [0.1, 0.15) is 16.8 Å². The molecule has 1 amide bonds. The summed E-state index contributed by atoms with van der Waals surface area (Å²) in [6.07, 6.45) is 1.72. The molecule has 1 aromatic heterocycles. The van der Waals surface area contributed by atoms with E-state index in [0.29, 0.717) is 24.2 Å². The number of carbonyl (C=O) groups excluding carboxylic acids is 1. The Bertz CT molecular complexity index is 1180. The maximum atomic E-state index is 14.1. The van der Waals surface area contributed by atoms with Crippen molar-refractivity contribution in [1.82, 2.24) is 9.88 Å². The summed E-state index contributed by atoms with van der Waals surface area (Å²) in [5.74, 6) is -1.89. The minimum absolute atomic E-state index is 0.00855. The number of sulfone groups is 1. The molecular formula is C20H21F2N3O3S2. The van der Waals surface area contributed by atoms with Gasteiger partial charge in [0, 0.05) is 24.4 Å². The van der Waals surface area contributed by atoms with Crippen LogP contribution in [0.2, 0.25) is 0 Å². The van der Waals surface area contributed by atoms with Crippen molar-refractivity contribution in [3.05, 3.63) is 53.6 Å². The lowest BCUT2D eigenvalue weighted by molar-refractivity contribution is 0.0986. The molecule has 0 aliphatic rings. The summed E-state index contributed by atoms with van der Waals surface area (Å²) in [6, 6.07) is 7.55. The zero-order chi connectivity index (χ0) is 22.1. The Kier molecular flexibility index (Phi) is 6.49. The Morgan fingerprint density at radius 2 is 1.77 bits per heavy atom. The van der Waals surface area contributed by atoms with E-state index in [-0.39, 0.29) is 21.1 Å². The fourth-order valence-corrected chi connectivity index (χ4v) is 4.55. The van der Waals surface area contributed by atoms with Crippen LogP contribution in [-0.2, 0) is 9.84 Å². The van der Waals surface area contributed by atoms with Gasteiger partial charge in [0.15, 0.2) is 20.8 Å². The Morgan fingerprint density at radius 1 is 1.10 bits per heavy atom. The minimum Gasteiger partial charge on any atom is -0.309 e. The van der Waals surface area contributed by atoms with Crippen LogP contribution < -0.4 is 4.90 Å². The highest BCUT2D eigenvalue weighted by Crippen LogP contribution is 2.32. The van der Waals surface area contributed by atoms with Crippen LogP contribution in [0.4, 0.5) is 13.9 Å². The SMILES string of the molecule is CN(C)CCCN(C(=O)c1ccc(S(C)(=O)=O)cc1)c1nc2c(F)cc(F)cc2s1. The van der Waals surface area contributed by atoms with E-state index < -0.39 is 27.4 Å². The number of hydrogen-bond acceptors (Lipinski definition) is 6. The van der Waals surface area contributed by atoms with Crippen LogP contribution in [0.15, 0.2) is 41.3 Å². The fraction of sp³-hybridized carbons (Fsp3) is 0.300. The number of halogens is 2. The van der Waals surface area contributed by atoms with Gasteiger partial charge in [-0.2, -0.15) is 0 Å². The predicted molar refractivity (Wildman–Crippen MR) is 114 cm³/mol. The molecule has 0 fully saturated rings. The Hall–Kier alpha value is -2.43. The number of amides is 1. The molecule has 0 atom stereocenters. The van der Waals surface area contributed by atoms with Crippen LogP contribution in [0.5, 0.6) is 0 Å². The molecular weight excluding hydrogens is 432 g/mol. The Labute approximate surface area is 177 Å². The molecule has 160 valence electrons. The molecule has 6 nitrogen and oxygen atoms in total. The Balaban J connectivity index is 1.98. The van der Waals surface area contributed by atoms with Crippen molar-refractivity contribution in [3.63, 3.8) is 0 Å². The molecule has 30 heavy (non-hydrogen) atoms. The molecule has 0 radical (unpaired) electrons. The summed E-state index contributed by atoms with van der Waals surface area (Å²) >= 11 is 1.03. The van der Waals surface area contributed by atoms with Gasteiger partial charge in [-0.3, -0.25) is 9.69 Å². The zero-order valence-corrected chi connectivity index (χ0v) is 18.4. The van der Waals surface area contributed by atoms with Crippen molar-refractivity contribution >= 4 is 42.4 Å². The molecule has 10 heteroatoms. The average Bonchev–Trinajstić information content (AvgIpc) is 3.08. The third kappa shape index (κ3) is 5.00. The molecule has 0 N–H and O–H groups in total. The third-order valence-electron chi connectivity index (χ3n) is 4.39. The van der Waals surface area contributed by atoms with E-state index in [1.807, 2.05) is 19.0 Å². The van der Waals surface area contributed by atoms with Crippen LogP contribution in [0, 0.1) is 11.6 Å². The van der Waals surface area contributed by atoms with Crippen molar-refractivity contribution in [2.75, 3.05) is 38.3 Å². The second-order valence-electron chi connectivity index (χ2n) is 7.14. The van der Waals surface area contributed by atoms with Gasteiger partial charge in [-0.15, -0.1) is 0 Å². The molecule has 2 aromatic carbocycles. The number of anilines is 1. The van der Waals surface area contributed by atoms with Gasteiger partial charge in [0.2, 0.25) is 0 Å². The van der Waals surface area contributed by atoms with Crippen LogP contribution in [0.25, 0.3) is 10.2 Å². The highest BCUT2D eigenvalue weighted by molar-refractivity contribution is 7.90. The summed E-state index contributed by atoms with van der Waals surface area (Å²) in [4.78, 5) is 20.9. The minimum atomic E-state index is -3.39. The first-order chi connectivity index (χ1) is 14.1. The second-order valence-corrected chi connectivity index (χ2v) is 10.2. The lowest BCUT2D eigenvalue weighted by Crippen LogP contribution is -2.33. The molecule has 0 spiro atoms. The number of nitrogens with zero attached hydrogens (tertiary/aromatic N) is 3. The lowest BCUT2D eigenvalue weighted by atomic mass is 10.2. The summed E-state index contributed by atoms with van der Waals surface area (Å²) in [7, 11) is 0.432. The molecule has 0 aliphatic carbocycles. The van der Waals surface area contributed by atoms with Crippen LogP contribution >= 0.6 is 11.3 Å². The summed E-state index contributed by atoms with van der Waals surface area (Å²) in [5.41, 5.74) is 0.285. The van der Waals surface area contributed by atoms with E-state index in [2.05, 4.69) is 4.98 Å². The van der Waals surface area contributed by atoms with Crippen molar-refractivity contribution in [2.45, 2.75) is 11.3 Å². The fourth-order valence-electron chi connectivity index (χ4n) is 2.89. The normalized spacial score (nSPS) is 11.9. The summed E-state index contributed by atoms with van der Waals surface area (Å²) in [6.45, 7) is 1.03. The monoisotopic (exact) mass is 453 g/mol. The van der Waals surface area contributed by atoms with E-state index in [4.69, 9.17) is 0 Å². The lowest BCUT2D eigenvalue weighted by Gasteiger charge is -2.21. The first-order valence-corrected chi connectivity index (χ1v) is 11.8. The van der Waals surface area contributed by atoms with Crippen molar-refractivity contribution in [1.29, 1.82) is 0 Å². The molecule has 3 rings (SSSR count). The number of aromatic nitrogens is 1. The van der Waals surface area contributed by atoms with E-state index in [1.165, 1.54) is 35.2 Å². The van der Waals surface area contributed by atoms with Gasteiger partial charge in [-0.1, -0.05) is 11.3 Å². The topological polar surface area (TPSA) is 70.6 Å². The van der Waals surface area contributed by atoms with Gasteiger partial charge in [-0.05, 0) is 57.4 Å². The number of carbonyl (C=O) groups is 1. The van der Waals surface area contributed by atoms with E-state index in [1.54, 1.807) is 0 Å². The quantitative estimate of drug-likeness (QED) is 0.547. The van der Waals surface area contributed by atoms with Crippen molar-refractivity contribution in [2.24, 2.45) is 0 Å². The molecule has 0 saturated heterocycles. The van der Waals surface area contributed by atoms with Crippen molar-refractivity contribution in [3.8, 4) is 0 Å². The van der Waals surface area contributed by atoms with E-state index >= 15 is 0 Å². The smallest absolute Gasteiger partial charge is 0.260 e. The first-order valence-electron chi connectivity index (χ1n) is 9.08. The van der Waals surface area contributed by atoms with E-state index in [9.17, 15) is 22.0 Å². The maximum absolute atomic E-state index is 14.1. The molecule has 0 saturated carbocycles. The number of hydrogen-bond donors (Lipinski definition) is 0. The van der Waals surface area contributed by atoms with E-state index in [0.717, 1.165) is 23.7 Å². The summed E-state index contributed by atoms with van der Waals surface area (Å²) in [5, 5.41) is 0.255. The second kappa shape index (κ2) is 8.75. The number of benzene rings is 2.